The normalized spacial score (nSPS) is 11.1. The topological polar surface area (TPSA) is 64.8 Å². The number of hydrogen-bond acceptors (Lipinski definition) is 2. The van der Waals surface area contributed by atoms with Gasteiger partial charge in [0.25, 0.3) is 5.91 Å². The van der Waals surface area contributed by atoms with Crippen LogP contribution in [0.5, 0.6) is 0 Å². The van der Waals surface area contributed by atoms with E-state index in [0.29, 0.717) is 12.2 Å². The molecule has 2 N–H and O–H groups in total. The lowest BCUT2D eigenvalue weighted by atomic mass is 10.1. The van der Waals surface area contributed by atoms with Crippen molar-refractivity contribution in [2.75, 3.05) is 7.05 Å². The van der Waals surface area contributed by atoms with Gasteiger partial charge in [0.15, 0.2) is 0 Å². The van der Waals surface area contributed by atoms with Crippen LogP contribution in [0.15, 0.2) is 24.3 Å². The molecular weight excluding hydrogens is 283 g/mol. The fourth-order valence-electron chi connectivity index (χ4n) is 2.57. The van der Waals surface area contributed by atoms with E-state index in [1.54, 1.807) is 18.0 Å². The van der Waals surface area contributed by atoms with Crippen molar-refractivity contribution in [3.05, 3.63) is 52.7 Å². The quantitative estimate of drug-likeness (QED) is 0.781. The van der Waals surface area contributed by atoms with E-state index in [-0.39, 0.29) is 11.7 Å². The zero-order valence-corrected chi connectivity index (χ0v) is 12.7. The third-order valence-corrected chi connectivity index (χ3v) is 3.74. The Bertz CT molecular complexity index is 849. The molecule has 0 unspecified atom stereocenters. The number of fused-ring (bicyclic) bond motifs is 1. The number of H-pyrrole nitrogens is 2. The molecule has 0 aliphatic heterocycles. The first kappa shape index (κ1) is 14.3. The molecule has 0 aliphatic rings. The number of amides is 1. The maximum Gasteiger partial charge on any atom is 0.270 e. The summed E-state index contributed by atoms with van der Waals surface area (Å²) in [7, 11) is 1.72. The minimum atomic E-state index is -0.311. The lowest BCUT2D eigenvalue weighted by Crippen LogP contribution is -2.27. The molecule has 0 saturated carbocycles. The zero-order chi connectivity index (χ0) is 15.9. The number of carbonyl (C=O) groups is 1. The second-order valence-electron chi connectivity index (χ2n) is 5.52. The van der Waals surface area contributed by atoms with Crippen LogP contribution in [0, 0.1) is 19.7 Å². The molecular formula is C16H17FN4O. The van der Waals surface area contributed by atoms with Crippen molar-refractivity contribution in [3.63, 3.8) is 0 Å². The number of aryl methyl sites for hydroxylation is 2. The van der Waals surface area contributed by atoms with Gasteiger partial charge in [-0.25, -0.2) is 4.39 Å². The summed E-state index contributed by atoms with van der Waals surface area (Å²) in [6.45, 7) is 4.14. The van der Waals surface area contributed by atoms with Gasteiger partial charge >= 0.3 is 0 Å². The zero-order valence-electron chi connectivity index (χ0n) is 12.7. The molecule has 3 rings (SSSR count). The van der Waals surface area contributed by atoms with E-state index in [4.69, 9.17) is 0 Å². The summed E-state index contributed by atoms with van der Waals surface area (Å²) in [5, 5.41) is 7.71. The molecule has 0 spiro atoms. The Hall–Kier alpha value is -2.63. The Balaban J connectivity index is 1.89. The van der Waals surface area contributed by atoms with E-state index in [2.05, 4.69) is 15.2 Å². The number of aromatic amines is 2. The van der Waals surface area contributed by atoms with Gasteiger partial charge in [0.05, 0.1) is 12.2 Å². The predicted molar refractivity (Wildman–Crippen MR) is 82.1 cm³/mol. The van der Waals surface area contributed by atoms with Crippen LogP contribution in [-0.2, 0) is 6.54 Å². The molecule has 114 valence electrons. The van der Waals surface area contributed by atoms with E-state index >= 15 is 0 Å². The number of benzene rings is 1. The van der Waals surface area contributed by atoms with Crippen molar-refractivity contribution in [1.29, 1.82) is 0 Å². The minimum absolute atomic E-state index is 0.144. The van der Waals surface area contributed by atoms with Crippen LogP contribution in [-0.4, -0.2) is 33.0 Å². The molecule has 0 bridgehead atoms. The fourth-order valence-corrected chi connectivity index (χ4v) is 2.57. The smallest absolute Gasteiger partial charge is 0.270 e. The van der Waals surface area contributed by atoms with Crippen LogP contribution >= 0.6 is 0 Å². The SMILES string of the molecule is Cc1cc(CN(C)C(=O)c2[nH]c3ccc(F)cc3c2C)n[nH]1. The summed E-state index contributed by atoms with van der Waals surface area (Å²) in [5.74, 6) is -0.455. The molecule has 22 heavy (non-hydrogen) atoms. The predicted octanol–water partition coefficient (Wildman–Crippen LogP) is 2.92. The highest BCUT2D eigenvalue weighted by molar-refractivity contribution is 6.00. The van der Waals surface area contributed by atoms with Crippen molar-refractivity contribution in [3.8, 4) is 0 Å². The Morgan fingerprint density at radius 2 is 2.09 bits per heavy atom. The number of nitrogens with zero attached hydrogens (tertiary/aromatic N) is 2. The van der Waals surface area contributed by atoms with Gasteiger partial charge < -0.3 is 9.88 Å². The first-order chi connectivity index (χ1) is 10.5. The van der Waals surface area contributed by atoms with Crippen LogP contribution in [0.4, 0.5) is 4.39 Å². The van der Waals surface area contributed by atoms with Gasteiger partial charge in [-0.3, -0.25) is 9.89 Å². The molecule has 2 heterocycles. The van der Waals surface area contributed by atoms with E-state index in [1.807, 2.05) is 19.9 Å². The molecule has 1 aromatic carbocycles. The number of hydrogen-bond donors (Lipinski definition) is 2. The van der Waals surface area contributed by atoms with Gasteiger partial charge in [0, 0.05) is 23.6 Å². The molecule has 2 aromatic heterocycles. The second-order valence-corrected chi connectivity index (χ2v) is 5.52. The summed E-state index contributed by atoms with van der Waals surface area (Å²) < 4.78 is 13.4. The lowest BCUT2D eigenvalue weighted by molar-refractivity contribution is 0.0778. The van der Waals surface area contributed by atoms with E-state index in [1.165, 1.54) is 12.1 Å². The summed E-state index contributed by atoms with van der Waals surface area (Å²) in [4.78, 5) is 17.3. The molecule has 6 heteroatoms. The first-order valence-electron chi connectivity index (χ1n) is 7.00. The van der Waals surface area contributed by atoms with Crippen LogP contribution in [0.1, 0.15) is 27.4 Å². The molecule has 0 saturated heterocycles. The van der Waals surface area contributed by atoms with Gasteiger partial charge in [-0.1, -0.05) is 0 Å². The average Bonchev–Trinajstić information content (AvgIpc) is 3.02. The van der Waals surface area contributed by atoms with Gasteiger partial charge in [-0.05, 0) is 43.7 Å². The number of carbonyl (C=O) groups excluding carboxylic acids is 1. The maximum absolute atomic E-state index is 13.4. The highest BCUT2D eigenvalue weighted by atomic mass is 19.1. The highest BCUT2D eigenvalue weighted by Crippen LogP contribution is 2.23. The van der Waals surface area contributed by atoms with Gasteiger partial charge in [0.2, 0.25) is 0 Å². The number of rotatable bonds is 3. The molecule has 3 aromatic rings. The van der Waals surface area contributed by atoms with Gasteiger partial charge in [-0.2, -0.15) is 5.10 Å². The molecule has 0 fully saturated rings. The molecule has 0 atom stereocenters. The number of nitrogens with one attached hydrogen (secondary N) is 2. The molecule has 5 nitrogen and oxygen atoms in total. The summed E-state index contributed by atoms with van der Waals surface area (Å²) >= 11 is 0. The largest absolute Gasteiger partial charge is 0.350 e. The van der Waals surface area contributed by atoms with Crippen LogP contribution in [0.2, 0.25) is 0 Å². The Kier molecular flexibility index (Phi) is 3.44. The molecule has 0 radical (unpaired) electrons. The minimum Gasteiger partial charge on any atom is -0.350 e. The maximum atomic E-state index is 13.4. The average molecular weight is 300 g/mol. The van der Waals surface area contributed by atoms with E-state index in [9.17, 15) is 9.18 Å². The summed E-state index contributed by atoms with van der Waals surface area (Å²) in [6.07, 6.45) is 0. The van der Waals surface area contributed by atoms with Crippen LogP contribution in [0.3, 0.4) is 0 Å². The van der Waals surface area contributed by atoms with Crippen molar-refractivity contribution >= 4 is 16.8 Å². The summed E-state index contributed by atoms with van der Waals surface area (Å²) in [6, 6.07) is 6.36. The van der Waals surface area contributed by atoms with Gasteiger partial charge in [-0.15, -0.1) is 0 Å². The summed E-state index contributed by atoms with van der Waals surface area (Å²) in [5.41, 5.74) is 3.74. The van der Waals surface area contributed by atoms with E-state index in [0.717, 1.165) is 27.9 Å². The van der Waals surface area contributed by atoms with Crippen LogP contribution in [0.25, 0.3) is 10.9 Å². The Morgan fingerprint density at radius 1 is 1.32 bits per heavy atom. The van der Waals surface area contributed by atoms with Gasteiger partial charge in [0.1, 0.15) is 11.5 Å². The lowest BCUT2D eigenvalue weighted by Gasteiger charge is -2.15. The number of halogens is 1. The van der Waals surface area contributed by atoms with Crippen molar-refractivity contribution in [2.45, 2.75) is 20.4 Å². The van der Waals surface area contributed by atoms with Crippen LogP contribution < -0.4 is 0 Å². The van der Waals surface area contributed by atoms with Crippen molar-refractivity contribution in [2.24, 2.45) is 0 Å². The third kappa shape index (κ3) is 2.47. The van der Waals surface area contributed by atoms with Crippen molar-refractivity contribution < 1.29 is 9.18 Å². The highest BCUT2D eigenvalue weighted by Gasteiger charge is 2.19. The molecule has 0 aliphatic carbocycles. The first-order valence-corrected chi connectivity index (χ1v) is 7.00. The third-order valence-electron chi connectivity index (χ3n) is 3.74. The standard InChI is InChI=1S/C16H17FN4O/c1-9-6-12(20-19-9)8-21(3)16(22)15-10(2)13-7-11(17)4-5-14(13)18-15/h4-7,18H,8H2,1-3H3,(H,19,20). The Morgan fingerprint density at radius 3 is 2.77 bits per heavy atom. The second kappa shape index (κ2) is 5.29. The Labute approximate surface area is 127 Å². The number of aromatic nitrogens is 3. The van der Waals surface area contributed by atoms with Crippen molar-refractivity contribution in [1.82, 2.24) is 20.1 Å². The molecule has 1 amide bonds. The van der Waals surface area contributed by atoms with E-state index < -0.39 is 0 Å². The fraction of sp³-hybridized carbons (Fsp3) is 0.250. The monoisotopic (exact) mass is 300 g/mol.